The Morgan fingerprint density at radius 3 is 3.09 bits per heavy atom. The largest absolute Gasteiger partial charge is 0.352 e. The highest BCUT2D eigenvalue weighted by Crippen LogP contribution is 2.24. The molecule has 1 atom stereocenters. The van der Waals surface area contributed by atoms with Gasteiger partial charge in [0.15, 0.2) is 5.13 Å². The summed E-state index contributed by atoms with van der Waals surface area (Å²) < 4.78 is 0. The number of aromatic nitrogens is 1. The van der Waals surface area contributed by atoms with E-state index in [0.717, 1.165) is 31.1 Å². The lowest BCUT2D eigenvalue weighted by Crippen LogP contribution is -2.41. The SMILES string of the molecule is O=C(NCC1CCCN(c2nccs2)C1)c1ccccc1Cl. The van der Waals surface area contributed by atoms with Crippen molar-refractivity contribution in [3.63, 3.8) is 0 Å². The van der Waals surface area contributed by atoms with Crippen LogP contribution in [0.15, 0.2) is 35.8 Å². The summed E-state index contributed by atoms with van der Waals surface area (Å²) in [6.45, 7) is 2.66. The number of nitrogens with zero attached hydrogens (tertiary/aromatic N) is 2. The maximum Gasteiger partial charge on any atom is 0.252 e. The van der Waals surface area contributed by atoms with E-state index in [1.54, 1.807) is 23.5 Å². The molecule has 6 heteroatoms. The van der Waals surface area contributed by atoms with Crippen molar-refractivity contribution in [2.75, 3.05) is 24.5 Å². The van der Waals surface area contributed by atoms with E-state index in [2.05, 4.69) is 15.2 Å². The van der Waals surface area contributed by atoms with E-state index in [-0.39, 0.29) is 5.91 Å². The number of halogens is 1. The van der Waals surface area contributed by atoms with Gasteiger partial charge in [-0.1, -0.05) is 23.7 Å². The quantitative estimate of drug-likeness (QED) is 0.930. The lowest BCUT2D eigenvalue weighted by molar-refractivity contribution is 0.0946. The van der Waals surface area contributed by atoms with E-state index in [9.17, 15) is 4.79 Å². The van der Waals surface area contributed by atoms with Crippen LogP contribution in [0.4, 0.5) is 5.13 Å². The zero-order chi connectivity index (χ0) is 15.4. The Hall–Kier alpha value is -1.59. The fraction of sp³-hybridized carbons (Fsp3) is 0.375. The molecule has 116 valence electrons. The van der Waals surface area contributed by atoms with E-state index in [0.29, 0.717) is 23.0 Å². The number of carbonyl (C=O) groups is 1. The highest BCUT2D eigenvalue weighted by Gasteiger charge is 2.22. The van der Waals surface area contributed by atoms with Gasteiger partial charge in [0, 0.05) is 31.2 Å². The molecule has 0 spiro atoms. The highest BCUT2D eigenvalue weighted by atomic mass is 35.5. The molecule has 1 aromatic heterocycles. The van der Waals surface area contributed by atoms with Gasteiger partial charge < -0.3 is 10.2 Å². The van der Waals surface area contributed by atoms with Gasteiger partial charge in [-0.25, -0.2) is 4.98 Å². The third-order valence-corrected chi connectivity index (χ3v) is 5.04. The Morgan fingerprint density at radius 1 is 1.45 bits per heavy atom. The van der Waals surface area contributed by atoms with Crippen LogP contribution < -0.4 is 10.2 Å². The molecule has 1 aromatic carbocycles. The Kier molecular flexibility index (Phi) is 4.95. The summed E-state index contributed by atoms with van der Waals surface area (Å²) >= 11 is 7.72. The molecule has 1 unspecified atom stereocenters. The van der Waals surface area contributed by atoms with Crippen LogP contribution in [-0.2, 0) is 0 Å². The van der Waals surface area contributed by atoms with E-state index in [4.69, 9.17) is 11.6 Å². The third-order valence-electron chi connectivity index (χ3n) is 3.88. The summed E-state index contributed by atoms with van der Waals surface area (Å²) in [4.78, 5) is 18.9. The molecule has 1 aliphatic rings. The van der Waals surface area contributed by atoms with Crippen LogP contribution in [0, 0.1) is 5.92 Å². The second-order valence-electron chi connectivity index (χ2n) is 5.46. The van der Waals surface area contributed by atoms with Gasteiger partial charge in [-0.3, -0.25) is 4.79 Å². The summed E-state index contributed by atoms with van der Waals surface area (Å²) in [5.74, 6) is 0.348. The van der Waals surface area contributed by atoms with Crippen LogP contribution in [0.25, 0.3) is 0 Å². The average molecular weight is 336 g/mol. The Labute approximate surface area is 139 Å². The molecule has 1 saturated heterocycles. The topological polar surface area (TPSA) is 45.2 Å². The lowest BCUT2D eigenvalue weighted by Gasteiger charge is -2.32. The van der Waals surface area contributed by atoms with Crippen molar-refractivity contribution in [3.8, 4) is 0 Å². The fourth-order valence-corrected chi connectivity index (χ4v) is 3.66. The Balaban J connectivity index is 1.55. The van der Waals surface area contributed by atoms with Gasteiger partial charge in [-0.05, 0) is 30.9 Å². The molecular weight excluding hydrogens is 318 g/mol. The number of thiazole rings is 1. The minimum atomic E-state index is -0.100. The van der Waals surface area contributed by atoms with Crippen molar-refractivity contribution >= 4 is 34.0 Å². The van der Waals surface area contributed by atoms with Gasteiger partial charge in [-0.15, -0.1) is 11.3 Å². The molecule has 2 aromatic rings. The van der Waals surface area contributed by atoms with Crippen LogP contribution in [0.1, 0.15) is 23.2 Å². The lowest BCUT2D eigenvalue weighted by atomic mass is 9.98. The summed E-state index contributed by atoms with van der Waals surface area (Å²) in [5, 5.41) is 6.57. The number of carbonyl (C=O) groups excluding carboxylic acids is 1. The van der Waals surface area contributed by atoms with Crippen molar-refractivity contribution in [3.05, 3.63) is 46.4 Å². The normalized spacial score (nSPS) is 18.2. The molecular formula is C16H18ClN3OS. The molecule has 1 amide bonds. The minimum Gasteiger partial charge on any atom is -0.352 e. The van der Waals surface area contributed by atoms with Crippen LogP contribution in [-0.4, -0.2) is 30.5 Å². The molecule has 22 heavy (non-hydrogen) atoms. The van der Waals surface area contributed by atoms with Crippen molar-refractivity contribution in [2.24, 2.45) is 5.92 Å². The van der Waals surface area contributed by atoms with Crippen LogP contribution in [0.3, 0.4) is 0 Å². The first-order chi connectivity index (χ1) is 10.7. The number of hydrogen-bond acceptors (Lipinski definition) is 4. The van der Waals surface area contributed by atoms with Gasteiger partial charge in [0.05, 0.1) is 10.6 Å². The zero-order valence-corrected chi connectivity index (χ0v) is 13.7. The summed E-state index contributed by atoms with van der Waals surface area (Å²) in [5.41, 5.74) is 0.539. The molecule has 2 heterocycles. The number of nitrogens with one attached hydrogen (secondary N) is 1. The maximum atomic E-state index is 12.2. The number of amides is 1. The first kappa shape index (κ1) is 15.3. The van der Waals surface area contributed by atoms with Crippen LogP contribution >= 0.6 is 22.9 Å². The standard InChI is InChI=1S/C16H18ClN3OS/c17-14-6-2-1-5-13(14)15(21)19-10-12-4-3-8-20(11-12)16-18-7-9-22-16/h1-2,5-7,9,12H,3-4,8,10-11H2,(H,19,21). The average Bonchev–Trinajstić information content (AvgIpc) is 3.08. The Bertz CT molecular complexity index is 632. The van der Waals surface area contributed by atoms with Gasteiger partial charge in [0.1, 0.15) is 0 Å². The molecule has 0 aliphatic carbocycles. The van der Waals surface area contributed by atoms with E-state index in [1.807, 2.05) is 23.7 Å². The molecule has 0 bridgehead atoms. The minimum absolute atomic E-state index is 0.100. The number of piperidine rings is 1. The first-order valence-corrected chi connectivity index (χ1v) is 8.67. The Morgan fingerprint density at radius 2 is 2.32 bits per heavy atom. The van der Waals surface area contributed by atoms with Gasteiger partial charge in [-0.2, -0.15) is 0 Å². The van der Waals surface area contributed by atoms with E-state index >= 15 is 0 Å². The molecule has 0 radical (unpaired) electrons. The molecule has 4 nitrogen and oxygen atoms in total. The molecule has 1 aliphatic heterocycles. The number of anilines is 1. The molecule has 1 fully saturated rings. The second kappa shape index (κ2) is 7.11. The van der Waals surface area contributed by atoms with E-state index < -0.39 is 0 Å². The van der Waals surface area contributed by atoms with Crippen LogP contribution in [0.5, 0.6) is 0 Å². The zero-order valence-electron chi connectivity index (χ0n) is 12.2. The predicted octanol–water partition coefficient (Wildman–Crippen LogP) is 3.44. The van der Waals surface area contributed by atoms with Gasteiger partial charge >= 0.3 is 0 Å². The third kappa shape index (κ3) is 3.59. The van der Waals surface area contributed by atoms with Crippen molar-refractivity contribution in [1.29, 1.82) is 0 Å². The molecule has 0 saturated carbocycles. The second-order valence-corrected chi connectivity index (χ2v) is 6.74. The van der Waals surface area contributed by atoms with Crippen molar-refractivity contribution < 1.29 is 4.79 Å². The number of hydrogen-bond donors (Lipinski definition) is 1. The van der Waals surface area contributed by atoms with Crippen molar-refractivity contribution in [2.45, 2.75) is 12.8 Å². The van der Waals surface area contributed by atoms with Gasteiger partial charge in [0.25, 0.3) is 5.91 Å². The summed E-state index contributed by atoms with van der Waals surface area (Å²) in [6.07, 6.45) is 4.10. The first-order valence-electron chi connectivity index (χ1n) is 7.41. The van der Waals surface area contributed by atoms with Crippen molar-refractivity contribution in [1.82, 2.24) is 10.3 Å². The smallest absolute Gasteiger partial charge is 0.252 e. The molecule has 1 N–H and O–H groups in total. The number of benzene rings is 1. The maximum absolute atomic E-state index is 12.2. The summed E-state index contributed by atoms with van der Waals surface area (Å²) in [7, 11) is 0. The fourth-order valence-electron chi connectivity index (χ4n) is 2.76. The van der Waals surface area contributed by atoms with Crippen LogP contribution in [0.2, 0.25) is 5.02 Å². The summed E-state index contributed by atoms with van der Waals surface area (Å²) in [6, 6.07) is 7.14. The molecule has 3 rings (SSSR count). The van der Waals surface area contributed by atoms with Gasteiger partial charge in [0.2, 0.25) is 0 Å². The highest BCUT2D eigenvalue weighted by molar-refractivity contribution is 7.13. The number of rotatable bonds is 4. The monoisotopic (exact) mass is 335 g/mol. The predicted molar refractivity (Wildman–Crippen MR) is 90.8 cm³/mol. The van der Waals surface area contributed by atoms with E-state index in [1.165, 1.54) is 0 Å².